The summed E-state index contributed by atoms with van der Waals surface area (Å²) >= 11 is 6.01. The quantitative estimate of drug-likeness (QED) is 0.653. The molecule has 2 nitrogen and oxygen atoms in total. The Bertz CT molecular complexity index is 508. The fraction of sp³-hybridized carbons (Fsp3) is 0.200. The predicted molar refractivity (Wildman–Crippen MR) is 76.4 cm³/mol. The van der Waals surface area contributed by atoms with Gasteiger partial charge in [-0.15, -0.1) is 0 Å². The molecule has 0 aliphatic rings. The van der Waals surface area contributed by atoms with E-state index >= 15 is 0 Å². The molecule has 0 aromatic heterocycles. The highest BCUT2D eigenvalue weighted by atomic mass is 35.5. The van der Waals surface area contributed by atoms with E-state index in [9.17, 15) is 0 Å². The van der Waals surface area contributed by atoms with E-state index in [0.29, 0.717) is 0 Å². The summed E-state index contributed by atoms with van der Waals surface area (Å²) in [6.07, 6.45) is 1.04. The van der Waals surface area contributed by atoms with Crippen LogP contribution in [0.2, 0.25) is 5.02 Å². The van der Waals surface area contributed by atoms with Crippen molar-refractivity contribution < 1.29 is 0 Å². The Morgan fingerprint density at radius 1 is 1.11 bits per heavy atom. The van der Waals surface area contributed by atoms with Crippen LogP contribution in [0.1, 0.15) is 29.7 Å². The largest absolute Gasteiger partial charge is 0.271 e. The molecule has 3 heteroatoms. The van der Waals surface area contributed by atoms with Crippen molar-refractivity contribution >= 4 is 11.6 Å². The molecule has 0 aliphatic carbocycles. The number of hydrogen-bond acceptors (Lipinski definition) is 2. The van der Waals surface area contributed by atoms with E-state index < -0.39 is 0 Å². The molecule has 0 radical (unpaired) electrons. The average Bonchev–Trinajstić information content (AvgIpc) is 2.40. The van der Waals surface area contributed by atoms with Gasteiger partial charge >= 0.3 is 0 Å². The third-order valence-electron chi connectivity index (χ3n) is 3.07. The van der Waals surface area contributed by atoms with E-state index in [2.05, 4.69) is 36.6 Å². The zero-order valence-corrected chi connectivity index (χ0v) is 11.1. The maximum atomic E-state index is 6.01. The first kappa shape index (κ1) is 13.1. The molecule has 0 saturated carbocycles. The first-order chi connectivity index (χ1) is 8.74. The van der Waals surface area contributed by atoms with Gasteiger partial charge in [-0.1, -0.05) is 54.9 Å². The highest BCUT2D eigenvalue weighted by Crippen LogP contribution is 2.24. The number of hydrogen-bond donors (Lipinski definition) is 2. The van der Waals surface area contributed by atoms with Gasteiger partial charge in [-0.05, 0) is 35.2 Å². The third-order valence-corrected chi connectivity index (χ3v) is 3.31. The van der Waals surface area contributed by atoms with Crippen molar-refractivity contribution in [2.45, 2.75) is 19.4 Å². The van der Waals surface area contributed by atoms with Crippen molar-refractivity contribution in [3.63, 3.8) is 0 Å². The van der Waals surface area contributed by atoms with E-state index in [1.54, 1.807) is 0 Å². The van der Waals surface area contributed by atoms with E-state index in [-0.39, 0.29) is 6.04 Å². The summed E-state index contributed by atoms with van der Waals surface area (Å²) in [5.74, 6) is 5.66. The summed E-state index contributed by atoms with van der Waals surface area (Å²) in [5, 5.41) is 0.720. The minimum atomic E-state index is -0.0328. The van der Waals surface area contributed by atoms with Crippen LogP contribution in [0.15, 0.2) is 48.5 Å². The highest BCUT2D eigenvalue weighted by Gasteiger charge is 2.12. The zero-order valence-electron chi connectivity index (χ0n) is 10.4. The van der Waals surface area contributed by atoms with Crippen LogP contribution in [0, 0.1) is 0 Å². The molecule has 0 amide bonds. The summed E-state index contributed by atoms with van der Waals surface area (Å²) in [5.41, 5.74) is 6.36. The number of nitrogens with one attached hydrogen (secondary N) is 1. The molecule has 2 rings (SSSR count). The number of halogens is 1. The van der Waals surface area contributed by atoms with Crippen LogP contribution in [0.5, 0.6) is 0 Å². The Hall–Kier alpha value is -1.35. The molecule has 94 valence electrons. The van der Waals surface area contributed by atoms with Crippen molar-refractivity contribution in [1.29, 1.82) is 0 Å². The van der Waals surface area contributed by atoms with E-state index in [4.69, 9.17) is 17.4 Å². The number of aryl methyl sites for hydroxylation is 1. The van der Waals surface area contributed by atoms with Crippen LogP contribution in [0.3, 0.4) is 0 Å². The fourth-order valence-corrected chi connectivity index (χ4v) is 2.22. The van der Waals surface area contributed by atoms with Crippen LogP contribution in [-0.4, -0.2) is 0 Å². The molecule has 2 aromatic rings. The minimum absolute atomic E-state index is 0.0328. The van der Waals surface area contributed by atoms with Crippen LogP contribution < -0.4 is 11.3 Å². The fourth-order valence-electron chi connectivity index (χ4n) is 2.02. The van der Waals surface area contributed by atoms with Crippen LogP contribution >= 0.6 is 11.6 Å². The summed E-state index contributed by atoms with van der Waals surface area (Å²) in [4.78, 5) is 0. The number of nitrogens with two attached hydrogens (primary N) is 1. The highest BCUT2D eigenvalue weighted by molar-refractivity contribution is 6.30. The van der Waals surface area contributed by atoms with Gasteiger partial charge in [-0.2, -0.15) is 0 Å². The SMILES string of the molecule is CCc1ccc(C(NN)c2cccc(Cl)c2)cc1. The number of rotatable bonds is 4. The van der Waals surface area contributed by atoms with Crippen molar-refractivity contribution in [3.05, 3.63) is 70.2 Å². The molecule has 0 bridgehead atoms. The zero-order chi connectivity index (χ0) is 13.0. The maximum Gasteiger partial charge on any atom is 0.0710 e. The van der Waals surface area contributed by atoms with Gasteiger partial charge in [0.2, 0.25) is 0 Å². The second-order valence-corrected chi connectivity index (χ2v) is 4.69. The summed E-state index contributed by atoms with van der Waals surface area (Å²) in [6.45, 7) is 2.14. The Morgan fingerprint density at radius 3 is 2.39 bits per heavy atom. The van der Waals surface area contributed by atoms with Crippen molar-refractivity contribution in [1.82, 2.24) is 5.43 Å². The first-order valence-corrected chi connectivity index (χ1v) is 6.43. The molecular formula is C15H17ClN2. The topological polar surface area (TPSA) is 38.0 Å². The second kappa shape index (κ2) is 6.01. The normalized spacial score (nSPS) is 12.4. The number of benzene rings is 2. The molecule has 0 aliphatic heterocycles. The Kier molecular flexibility index (Phi) is 4.37. The molecular weight excluding hydrogens is 244 g/mol. The van der Waals surface area contributed by atoms with Gasteiger partial charge in [-0.3, -0.25) is 5.84 Å². The third kappa shape index (κ3) is 2.91. The standard InChI is InChI=1S/C15H17ClN2/c1-2-11-6-8-12(9-7-11)15(18-17)13-4-3-5-14(16)10-13/h3-10,15,18H,2,17H2,1H3. The lowest BCUT2D eigenvalue weighted by Crippen LogP contribution is -2.28. The van der Waals surface area contributed by atoms with Gasteiger partial charge in [0.05, 0.1) is 6.04 Å². The van der Waals surface area contributed by atoms with E-state index in [1.807, 2.05) is 24.3 Å². The smallest absolute Gasteiger partial charge is 0.0710 e. The minimum Gasteiger partial charge on any atom is -0.271 e. The Labute approximate surface area is 113 Å². The maximum absolute atomic E-state index is 6.01. The molecule has 2 aromatic carbocycles. The second-order valence-electron chi connectivity index (χ2n) is 4.25. The van der Waals surface area contributed by atoms with Crippen LogP contribution in [0.4, 0.5) is 0 Å². The van der Waals surface area contributed by atoms with Gasteiger partial charge in [-0.25, -0.2) is 5.43 Å². The predicted octanol–water partition coefficient (Wildman–Crippen LogP) is 3.46. The van der Waals surface area contributed by atoms with E-state index in [1.165, 1.54) is 5.56 Å². The van der Waals surface area contributed by atoms with Crippen molar-refractivity contribution in [2.75, 3.05) is 0 Å². The summed E-state index contributed by atoms with van der Waals surface area (Å²) in [6, 6.07) is 16.2. The molecule has 0 fully saturated rings. The molecule has 0 heterocycles. The molecule has 3 N–H and O–H groups in total. The van der Waals surface area contributed by atoms with E-state index in [0.717, 1.165) is 22.6 Å². The van der Waals surface area contributed by atoms with Crippen molar-refractivity contribution in [2.24, 2.45) is 5.84 Å². The van der Waals surface area contributed by atoms with Crippen LogP contribution in [0.25, 0.3) is 0 Å². The van der Waals surface area contributed by atoms with Gasteiger partial charge in [0, 0.05) is 5.02 Å². The lowest BCUT2D eigenvalue weighted by atomic mass is 9.98. The molecule has 0 saturated heterocycles. The Morgan fingerprint density at radius 2 is 1.83 bits per heavy atom. The monoisotopic (exact) mass is 260 g/mol. The average molecular weight is 261 g/mol. The lowest BCUT2D eigenvalue weighted by Gasteiger charge is -2.17. The van der Waals surface area contributed by atoms with Crippen LogP contribution in [-0.2, 0) is 6.42 Å². The van der Waals surface area contributed by atoms with Gasteiger partial charge in [0.15, 0.2) is 0 Å². The molecule has 0 spiro atoms. The summed E-state index contributed by atoms with van der Waals surface area (Å²) < 4.78 is 0. The lowest BCUT2D eigenvalue weighted by molar-refractivity contribution is 0.637. The summed E-state index contributed by atoms with van der Waals surface area (Å²) in [7, 11) is 0. The molecule has 1 atom stereocenters. The van der Waals surface area contributed by atoms with Gasteiger partial charge in [0.25, 0.3) is 0 Å². The molecule has 1 unspecified atom stereocenters. The van der Waals surface area contributed by atoms with Gasteiger partial charge in [0.1, 0.15) is 0 Å². The van der Waals surface area contributed by atoms with Crippen molar-refractivity contribution in [3.8, 4) is 0 Å². The molecule has 18 heavy (non-hydrogen) atoms. The Balaban J connectivity index is 2.32. The first-order valence-electron chi connectivity index (χ1n) is 6.05. The van der Waals surface area contributed by atoms with Gasteiger partial charge < -0.3 is 0 Å². The number of hydrazine groups is 1.